The lowest BCUT2D eigenvalue weighted by Gasteiger charge is -2.21. The van der Waals surface area contributed by atoms with Crippen LogP contribution in [0.15, 0.2) is 18.2 Å². The Hall–Kier alpha value is -1.06. The molecule has 0 radical (unpaired) electrons. The van der Waals surface area contributed by atoms with E-state index in [9.17, 15) is 0 Å². The summed E-state index contributed by atoms with van der Waals surface area (Å²) < 4.78 is 11.2. The van der Waals surface area contributed by atoms with Gasteiger partial charge in [0, 0.05) is 24.3 Å². The summed E-state index contributed by atoms with van der Waals surface area (Å²) in [6.45, 7) is 13.2. The molecule has 3 heteroatoms. The van der Waals surface area contributed by atoms with Crippen LogP contribution in [-0.2, 0) is 17.9 Å². The molecule has 1 aromatic rings. The number of hydrogen-bond donors (Lipinski definition) is 1. The zero-order valence-corrected chi connectivity index (χ0v) is 14.5. The second-order valence-corrected chi connectivity index (χ2v) is 6.98. The van der Waals surface area contributed by atoms with Gasteiger partial charge in [0.1, 0.15) is 5.75 Å². The van der Waals surface area contributed by atoms with Crippen molar-refractivity contribution in [3.8, 4) is 5.75 Å². The van der Waals surface area contributed by atoms with Crippen LogP contribution in [0, 0.1) is 5.92 Å². The molecule has 1 aromatic carbocycles. The van der Waals surface area contributed by atoms with Gasteiger partial charge in [-0.15, -0.1) is 0 Å². The molecule has 0 heterocycles. The molecule has 0 aromatic heterocycles. The summed E-state index contributed by atoms with van der Waals surface area (Å²) in [4.78, 5) is 0. The molecule has 0 atom stereocenters. The lowest BCUT2D eigenvalue weighted by molar-refractivity contribution is 0.109. The molecule has 21 heavy (non-hydrogen) atoms. The summed E-state index contributed by atoms with van der Waals surface area (Å²) in [5.41, 5.74) is 2.50. The van der Waals surface area contributed by atoms with E-state index in [1.165, 1.54) is 5.56 Å². The number of ether oxygens (including phenoxy) is 2. The van der Waals surface area contributed by atoms with Crippen molar-refractivity contribution < 1.29 is 9.47 Å². The van der Waals surface area contributed by atoms with Gasteiger partial charge in [-0.2, -0.15) is 0 Å². The fourth-order valence-electron chi connectivity index (χ4n) is 1.92. The standard InChI is InChI=1S/C18H31NO2/c1-14(2)9-10-21-13-16-11-15(7-8-17(16)20-6)12-19-18(3,4)5/h7-8,11,14,19H,9-10,12-13H2,1-6H3. The highest BCUT2D eigenvalue weighted by atomic mass is 16.5. The number of nitrogens with one attached hydrogen (secondary N) is 1. The summed E-state index contributed by atoms with van der Waals surface area (Å²) in [5.74, 6) is 1.58. The molecule has 120 valence electrons. The molecular formula is C18H31NO2. The van der Waals surface area contributed by atoms with Crippen LogP contribution in [0.1, 0.15) is 52.2 Å². The lowest BCUT2D eigenvalue weighted by atomic mass is 10.1. The molecule has 0 spiro atoms. The second kappa shape index (κ2) is 8.40. The Labute approximate surface area is 130 Å². The number of benzene rings is 1. The molecule has 3 nitrogen and oxygen atoms in total. The molecule has 0 bridgehead atoms. The number of hydrogen-bond acceptors (Lipinski definition) is 3. The van der Waals surface area contributed by atoms with Crippen molar-refractivity contribution in [2.24, 2.45) is 5.92 Å². The first-order chi connectivity index (χ1) is 9.81. The third-order valence-corrected chi connectivity index (χ3v) is 3.26. The SMILES string of the molecule is COc1ccc(CNC(C)(C)C)cc1COCCC(C)C. The fourth-order valence-corrected chi connectivity index (χ4v) is 1.92. The largest absolute Gasteiger partial charge is 0.496 e. The van der Waals surface area contributed by atoms with Gasteiger partial charge in [0.2, 0.25) is 0 Å². The Balaban J connectivity index is 2.62. The van der Waals surface area contributed by atoms with Crippen molar-refractivity contribution in [3.63, 3.8) is 0 Å². The molecule has 0 saturated carbocycles. The van der Waals surface area contributed by atoms with Crippen molar-refractivity contribution in [2.75, 3.05) is 13.7 Å². The zero-order chi connectivity index (χ0) is 15.9. The van der Waals surface area contributed by atoms with Crippen molar-refractivity contribution in [3.05, 3.63) is 29.3 Å². The summed E-state index contributed by atoms with van der Waals surface area (Å²) in [6, 6.07) is 6.31. The highest BCUT2D eigenvalue weighted by Crippen LogP contribution is 2.21. The molecule has 0 aliphatic carbocycles. The first-order valence-corrected chi connectivity index (χ1v) is 7.80. The first-order valence-electron chi connectivity index (χ1n) is 7.80. The monoisotopic (exact) mass is 293 g/mol. The van der Waals surface area contributed by atoms with E-state index in [1.807, 2.05) is 6.07 Å². The molecule has 0 aliphatic heterocycles. The average Bonchev–Trinajstić information content (AvgIpc) is 2.40. The van der Waals surface area contributed by atoms with Gasteiger partial charge in [0.15, 0.2) is 0 Å². The second-order valence-electron chi connectivity index (χ2n) is 6.98. The van der Waals surface area contributed by atoms with Gasteiger partial charge < -0.3 is 14.8 Å². The Kier molecular flexibility index (Phi) is 7.20. The van der Waals surface area contributed by atoms with Crippen LogP contribution in [-0.4, -0.2) is 19.3 Å². The van der Waals surface area contributed by atoms with Gasteiger partial charge in [-0.1, -0.05) is 19.9 Å². The average molecular weight is 293 g/mol. The van der Waals surface area contributed by atoms with Crippen molar-refractivity contribution in [2.45, 2.75) is 59.7 Å². The van der Waals surface area contributed by atoms with Gasteiger partial charge in [-0.05, 0) is 50.8 Å². The minimum atomic E-state index is 0.119. The van der Waals surface area contributed by atoms with Crippen molar-refractivity contribution in [1.82, 2.24) is 5.32 Å². The van der Waals surface area contributed by atoms with Crippen molar-refractivity contribution >= 4 is 0 Å². The predicted molar refractivity (Wildman–Crippen MR) is 88.7 cm³/mol. The van der Waals surface area contributed by atoms with E-state index < -0.39 is 0 Å². The molecule has 1 rings (SSSR count). The third kappa shape index (κ3) is 7.49. The summed E-state index contributed by atoms with van der Waals surface area (Å²) in [6.07, 6.45) is 1.09. The Morgan fingerprint density at radius 2 is 1.90 bits per heavy atom. The lowest BCUT2D eigenvalue weighted by Crippen LogP contribution is -2.35. The zero-order valence-electron chi connectivity index (χ0n) is 14.5. The molecule has 0 saturated heterocycles. The first kappa shape index (κ1) is 18.0. The van der Waals surface area contributed by atoms with Gasteiger partial charge >= 0.3 is 0 Å². The topological polar surface area (TPSA) is 30.5 Å². The summed E-state index contributed by atoms with van der Waals surface area (Å²) >= 11 is 0. The van der Waals surface area contributed by atoms with Crippen LogP contribution >= 0.6 is 0 Å². The van der Waals surface area contributed by atoms with Crippen molar-refractivity contribution in [1.29, 1.82) is 0 Å². The molecule has 0 amide bonds. The summed E-state index contributed by atoms with van der Waals surface area (Å²) in [7, 11) is 1.71. The molecular weight excluding hydrogens is 262 g/mol. The smallest absolute Gasteiger partial charge is 0.124 e. The maximum absolute atomic E-state index is 5.77. The number of rotatable bonds is 8. The van der Waals surface area contributed by atoms with Gasteiger partial charge in [-0.25, -0.2) is 0 Å². The third-order valence-electron chi connectivity index (χ3n) is 3.26. The highest BCUT2D eigenvalue weighted by Gasteiger charge is 2.10. The van der Waals surface area contributed by atoms with E-state index in [4.69, 9.17) is 9.47 Å². The van der Waals surface area contributed by atoms with Crippen LogP contribution < -0.4 is 10.1 Å². The Bertz CT molecular complexity index is 422. The molecule has 0 fully saturated rings. The Morgan fingerprint density at radius 1 is 1.19 bits per heavy atom. The van der Waals surface area contributed by atoms with Crippen LogP contribution in [0.2, 0.25) is 0 Å². The fraction of sp³-hybridized carbons (Fsp3) is 0.667. The minimum absolute atomic E-state index is 0.119. The van der Waals surface area contributed by atoms with Crippen LogP contribution in [0.5, 0.6) is 5.75 Å². The van der Waals surface area contributed by atoms with E-state index in [2.05, 4.69) is 52.1 Å². The van der Waals surface area contributed by atoms with Gasteiger partial charge in [0.05, 0.1) is 13.7 Å². The normalized spacial score (nSPS) is 12.0. The van der Waals surface area contributed by atoms with Crippen LogP contribution in [0.3, 0.4) is 0 Å². The maximum atomic E-state index is 5.77. The van der Waals surface area contributed by atoms with E-state index in [1.54, 1.807) is 7.11 Å². The predicted octanol–water partition coefficient (Wildman–Crippen LogP) is 4.15. The molecule has 0 unspecified atom stereocenters. The van der Waals surface area contributed by atoms with Crippen LogP contribution in [0.4, 0.5) is 0 Å². The maximum Gasteiger partial charge on any atom is 0.124 e. The van der Waals surface area contributed by atoms with Crippen LogP contribution in [0.25, 0.3) is 0 Å². The van der Waals surface area contributed by atoms with Gasteiger partial charge in [-0.3, -0.25) is 0 Å². The number of methoxy groups -OCH3 is 1. The molecule has 1 N–H and O–H groups in total. The summed E-state index contributed by atoms with van der Waals surface area (Å²) in [5, 5.41) is 3.50. The van der Waals surface area contributed by atoms with E-state index >= 15 is 0 Å². The Morgan fingerprint density at radius 3 is 2.48 bits per heavy atom. The quantitative estimate of drug-likeness (QED) is 0.731. The van der Waals surface area contributed by atoms with E-state index in [-0.39, 0.29) is 5.54 Å². The van der Waals surface area contributed by atoms with Gasteiger partial charge in [0.25, 0.3) is 0 Å². The minimum Gasteiger partial charge on any atom is -0.496 e. The molecule has 0 aliphatic rings. The highest BCUT2D eigenvalue weighted by molar-refractivity contribution is 5.37. The van der Waals surface area contributed by atoms with E-state index in [0.29, 0.717) is 12.5 Å². The van der Waals surface area contributed by atoms with E-state index in [0.717, 1.165) is 30.9 Å².